The minimum atomic E-state index is -0.591. The van der Waals surface area contributed by atoms with Crippen LogP contribution in [0.4, 0.5) is 15.8 Å². The van der Waals surface area contributed by atoms with Crippen molar-refractivity contribution < 1.29 is 14.1 Å². The Morgan fingerprint density at radius 3 is 2.77 bits per heavy atom. The lowest BCUT2D eigenvalue weighted by Crippen LogP contribution is -2.28. The van der Waals surface area contributed by atoms with E-state index in [4.69, 9.17) is 11.6 Å². The smallest absolute Gasteiger partial charge is 0.271 e. The van der Waals surface area contributed by atoms with E-state index in [9.17, 15) is 24.1 Å². The van der Waals surface area contributed by atoms with E-state index in [1.54, 1.807) is 0 Å². The van der Waals surface area contributed by atoms with Crippen LogP contribution in [-0.2, 0) is 11.3 Å². The van der Waals surface area contributed by atoms with E-state index in [2.05, 4.69) is 10.3 Å². The van der Waals surface area contributed by atoms with Crippen LogP contribution in [-0.4, -0.2) is 20.4 Å². The Balaban J connectivity index is 1.85. The number of nitro groups is 1. The number of fused-ring (bicyclic) bond motifs is 1. The number of nitrogens with one attached hydrogen (secondary N) is 1. The summed E-state index contributed by atoms with van der Waals surface area (Å²) >= 11 is 5.84. The number of amides is 1. The zero-order valence-corrected chi connectivity index (χ0v) is 13.7. The van der Waals surface area contributed by atoms with E-state index in [0.29, 0.717) is 0 Å². The Kier molecular flexibility index (Phi) is 4.63. The second-order valence-electron chi connectivity index (χ2n) is 5.31. The Morgan fingerprint density at radius 1 is 1.31 bits per heavy atom. The first-order chi connectivity index (χ1) is 12.3. The van der Waals surface area contributed by atoms with E-state index in [1.165, 1.54) is 24.3 Å². The first kappa shape index (κ1) is 17.5. The summed E-state index contributed by atoms with van der Waals surface area (Å²) in [5.41, 5.74) is -0.353. The second-order valence-corrected chi connectivity index (χ2v) is 5.72. The maximum absolute atomic E-state index is 13.0. The molecule has 0 aliphatic carbocycles. The average molecular weight is 377 g/mol. The molecule has 1 aromatic heterocycles. The molecule has 1 amide bonds. The minimum absolute atomic E-state index is 0.0228. The summed E-state index contributed by atoms with van der Waals surface area (Å²) in [5.74, 6) is -1.11. The molecule has 0 saturated carbocycles. The number of hydrogen-bond donors (Lipinski definition) is 1. The van der Waals surface area contributed by atoms with Crippen molar-refractivity contribution in [2.24, 2.45) is 0 Å². The van der Waals surface area contributed by atoms with Gasteiger partial charge in [-0.1, -0.05) is 11.6 Å². The third kappa shape index (κ3) is 3.52. The number of nitro benzene ring substituents is 1. The maximum atomic E-state index is 13.0. The van der Waals surface area contributed by atoms with Gasteiger partial charge in [-0.05, 0) is 24.3 Å². The van der Waals surface area contributed by atoms with Gasteiger partial charge in [-0.15, -0.1) is 0 Å². The highest BCUT2D eigenvalue weighted by atomic mass is 35.5. The molecule has 0 unspecified atom stereocenters. The molecule has 1 heterocycles. The van der Waals surface area contributed by atoms with Gasteiger partial charge in [0.25, 0.3) is 11.2 Å². The normalized spacial score (nSPS) is 10.7. The fourth-order valence-corrected chi connectivity index (χ4v) is 2.52. The fourth-order valence-electron chi connectivity index (χ4n) is 2.31. The minimum Gasteiger partial charge on any atom is -0.323 e. The number of non-ortho nitro benzene ring substituents is 1. The molecule has 0 bridgehead atoms. The van der Waals surface area contributed by atoms with Gasteiger partial charge < -0.3 is 5.32 Å². The highest BCUT2D eigenvalue weighted by Gasteiger charge is 2.13. The molecule has 3 rings (SSSR count). The number of anilines is 1. The Bertz CT molecular complexity index is 1100. The Morgan fingerprint density at radius 2 is 2.08 bits per heavy atom. The van der Waals surface area contributed by atoms with E-state index >= 15 is 0 Å². The Hall–Kier alpha value is -3.33. The monoisotopic (exact) mass is 376 g/mol. The van der Waals surface area contributed by atoms with Gasteiger partial charge in [-0.25, -0.2) is 9.37 Å². The Labute approximate surface area is 150 Å². The van der Waals surface area contributed by atoms with E-state index < -0.39 is 22.2 Å². The molecule has 0 atom stereocenters. The molecule has 2 aromatic carbocycles. The third-order valence-corrected chi connectivity index (χ3v) is 3.85. The topological polar surface area (TPSA) is 107 Å². The standard InChI is InChI=1S/C16H10ClFN4O4/c17-12-5-9(18)1-4-13(12)20-15(23)7-21-8-19-14-6-10(22(25)26)2-3-11(14)16(21)24/h1-6,8H,7H2,(H,20,23). The second kappa shape index (κ2) is 6.89. The summed E-state index contributed by atoms with van der Waals surface area (Å²) in [4.78, 5) is 38.7. The van der Waals surface area contributed by atoms with Crippen LogP contribution in [0, 0.1) is 15.9 Å². The van der Waals surface area contributed by atoms with Crippen molar-refractivity contribution in [1.29, 1.82) is 0 Å². The lowest BCUT2D eigenvalue weighted by atomic mass is 10.2. The van der Waals surface area contributed by atoms with Gasteiger partial charge in [0.05, 0.1) is 32.9 Å². The number of carbonyl (C=O) groups excluding carboxylic acids is 1. The van der Waals surface area contributed by atoms with Gasteiger partial charge in [-0.2, -0.15) is 0 Å². The molecule has 132 valence electrons. The van der Waals surface area contributed by atoms with Gasteiger partial charge in [0.1, 0.15) is 12.4 Å². The van der Waals surface area contributed by atoms with Crippen LogP contribution < -0.4 is 10.9 Å². The zero-order valence-electron chi connectivity index (χ0n) is 13.0. The molecule has 0 aliphatic rings. The molecule has 0 aliphatic heterocycles. The first-order valence-electron chi connectivity index (χ1n) is 7.23. The quantitative estimate of drug-likeness (QED) is 0.556. The number of halogens is 2. The molecular formula is C16H10ClFN4O4. The summed E-state index contributed by atoms with van der Waals surface area (Å²) in [5, 5.41) is 13.4. The number of rotatable bonds is 4. The average Bonchev–Trinajstić information content (AvgIpc) is 2.59. The highest BCUT2D eigenvalue weighted by Crippen LogP contribution is 2.22. The molecule has 8 nitrogen and oxygen atoms in total. The SMILES string of the molecule is O=C(Cn1cnc2cc([N+](=O)[O-])ccc2c1=O)Nc1ccc(F)cc1Cl. The molecule has 26 heavy (non-hydrogen) atoms. The van der Waals surface area contributed by atoms with Crippen LogP contribution in [0.5, 0.6) is 0 Å². The molecule has 3 aromatic rings. The third-order valence-electron chi connectivity index (χ3n) is 3.54. The number of aromatic nitrogens is 2. The van der Waals surface area contributed by atoms with E-state index in [-0.39, 0.29) is 33.8 Å². The van der Waals surface area contributed by atoms with Gasteiger partial charge in [0.15, 0.2) is 0 Å². The summed E-state index contributed by atoms with van der Waals surface area (Å²) in [6.07, 6.45) is 1.13. The maximum Gasteiger partial charge on any atom is 0.271 e. The lowest BCUT2D eigenvalue weighted by molar-refractivity contribution is -0.384. The van der Waals surface area contributed by atoms with Gasteiger partial charge in [0.2, 0.25) is 5.91 Å². The lowest BCUT2D eigenvalue weighted by Gasteiger charge is -2.09. The van der Waals surface area contributed by atoms with Gasteiger partial charge >= 0.3 is 0 Å². The summed E-state index contributed by atoms with van der Waals surface area (Å²) in [7, 11) is 0. The molecule has 0 saturated heterocycles. The predicted molar refractivity (Wildman–Crippen MR) is 92.7 cm³/mol. The summed E-state index contributed by atoms with van der Waals surface area (Å²) in [6.45, 7) is -0.355. The predicted octanol–water partition coefficient (Wildman–Crippen LogP) is 2.74. The number of hydrogen-bond acceptors (Lipinski definition) is 5. The van der Waals surface area contributed by atoms with Crippen LogP contribution >= 0.6 is 11.6 Å². The van der Waals surface area contributed by atoms with E-state index in [1.807, 2.05) is 0 Å². The summed E-state index contributed by atoms with van der Waals surface area (Å²) in [6, 6.07) is 7.14. The number of nitrogens with zero attached hydrogens (tertiary/aromatic N) is 3. The molecule has 10 heteroatoms. The van der Waals surface area contributed by atoms with Crippen molar-refractivity contribution >= 4 is 39.8 Å². The number of carbonyl (C=O) groups is 1. The molecule has 0 spiro atoms. The first-order valence-corrected chi connectivity index (χ1v) is 7.61. The molecule has 0 fully saturated rings. The van der Waals surface area contributed by atoms with Crippen LogP contribution in [0.25, 0.3) is 10.9 Å². The van der Waals surface area contributed by atoms with Crippen molar-refractivity contribution in [2.45, 2.75) is 6.54 Å². The van der Waals surface area contributed by atoms with Crippen LogP contribution in [0.15, 0.2) is 47.5 Å². The fraction of sp³-hybridized carbons (Fsp3) is 0.0625. The van der Waals surface area contributed by atoms with Crippen molar-refractivity contribution in [1.82, 2.24) is 9.55 Å². The van der Waals surface area contributed by atoms with Crippen LogP contribution in [0.2, 0.25) is 5.02 Å². The zero-order chi connectivity index (χ0) is 18.8. The van der Waals surface area contributed by atoms with Crippen molar-refractivity contribution in [3.63, 3.8) is 0 Å². The molecule has 1 N–H and O–H groups in total. The molecule has 0 radical (unpaired) electrons. The van der Waals surface area contributed by atoms with Crippen molar-refractivity contribution in [3.8, 4) is 0 Å². The van der Waals surface area contributed by atoms with E-state index in [0.717, 1.165) is 23.0 Å². The number of benzene rings is 2. The van der Waals surface area contributed by atoms with Crippen molar-refractivity contribution in [2.75, 3.05) is 5.32 Å². The van der Waals surface area contributed by atoms with Crippen molar-refractivity contribution in [3.05, 3.63) is 74.0 Å². The van der Waals surface area contributed by atoms with Crippen LogP contribution in [0.1, 0.15) is 0 Å². The highest BCUT2D eigenvalue weighted by molar-refractivity contribution is 6.33. The molecular weight excluding hydrogens is 367 g/mol. The van der Waals surface area contributed by atoms with Gasteiger partial charge in [-0.3, -0.25) is 24.3 Å². The summed E-state index contributed by atoms with van der Waals surface area (Å²) < 4.78 is 14.1. The van der Waals surface area contributed by atoms with Crippen LogP contribution in [0.3, 0.4) is 0 Å². The largest absolute Gasteiger partial charge is 0.323 e. The van der Waals surface area contributed by atoms with Gasteiger partial charge in [0, 0.05) is 12.1 Å².